The highest BCUT2D eigenvalue weighted by molar-refractivity contribution is 6.33. The second kappa shape index (κ2) is 9.71. The Morgan fingerprint density at radius 2 is 2.00 bits per heavy atom. The van der Waals surface area contributed by atoms with Crippen molar-refractivity contribution in [2.45, 2.75) is 39.9 Å². The van der Waals surface area contributed by atoms with Crippen LogP contribution in [0.25, 0.3) is 0 Å². The number of hydrogen-bond acceptors (Lipinski definition) is 5. The molecule has 0 aliphatic heterocycles. The van der Waals surface area contributed by atoms with Gasteiger partial charge in [-0.25, -0.2) is 0 Å². The number of hydrogen-bond donors (Lipinski definition) is 3. The molecule has 24 heavy (non-hydrogen) atoms. The molecule has 136 valence electrons. The van der Waals surface area contributed by atoms with E-state index in [4.69, 9.17) is 22.1 Å². The first-order valence-electron chi connectivity index (χ1n) is 8.24. The van der Waals surface area contributed by atoms with Crippen LogP contribution >= 0.6 is 11.6 Å². The van der Waals surface area contributed by atoms with Gasteiger partial charge in [0, 0.05) is 19.2 Å². The summed E-state index contributed by atoms with van der Waals surface area (Å²) in [6.07, 6.45) is -1.16. The van der Waals surface area contributed by atoms with Gasteiger partial charge in [-0.05, 0) is 33.0 Å². The number of halogens is 1. The maximum Gasteiger partial charge on any atom is 0.255 e. The Bertz CT molecular complexity index is 548. The highest BCUT2D eigenvalue weighted by Gasteiger charge is 2.19. The Hall–Kier alpha value is -1.50. The molecule has 1 aromatic carbocycles. The Morgan fingerprint density at radius 1 is 1.38 bits per heavy atom. The SMILES string of the molecule is CCN(CC)CCNC(=O)c1cc(Cl)c(N)cc1O[C@@H](C)[C@@H](C)O. The Labute approximate surface area is 148 Å². The molecule has 0 fully saturated rings. The van der Waals surface area contributed by atoms with Crippen molar-refractivity contribution < 1.29 is 14.6 Å². The van der Waals surface area contributed by atoms with Crippen molar-refractivity contribution in [1.82, 2.24) is 10.2 Å². The lowest BCUT2D eigenvalue weighted by molar-refractivity contribution is 0.0592. The number of aliphatic hydroxyl groups excluding tert-OH is 1. The summed E-state index contributed by atoms with van der Waals surface area (Å²) in [5.74, 6) is 0.0301. The number of nitrogens with one attached hydrogen (secondary N) is 1. The summed E-state index contributed by atoms with van der Waals surface area (Å²) in [6.45, 7) is 10.6. The van der Waals surface area contributed by atoms with Crippen LogP contribution in [-0.2, 0) is 0 Å². The summed E-state index contributed by atoms with van der Waals surface area (Å²) in [7, 11) is 0. The largest absolute Gasteiger partial charge is 0.487 e. The molecule has 4 N–H and O–H groups in total. The van der Waals surface area contributed by atoms with Crippen molar-refractivity contribution in [3.63, 3.8) is 0 Å². The summed E-state index contributed by atoms with van der Waals surface area (Å²) in [4.78, 5) is 14.7. The van der Waals surface area contributed by atoms with Crippen LogP contribution < -0.4 is 15.8 Å². The van der Waals surface area contributed by atoms with E-state index in [0.717, 1.165) is 19.6 Å². The molecular formula is C17H28ClN3O3. The summed E-state index contributed by atoms with van der Waals surface area (Å²) in [5.41, 5.74) is 6.43. The zero-order chi connectivity index (χ0) is 18.3. The Balaban J connectivity index is 2.87. The minimum absolute atomic E-state index is 0.281. The summed E-state index contributed by atoms with van der Waals surface area (Å²) in [6, 6.07) is 3.01. The number of carbonyl (C=O) groups is 1. The maximum atomic E-state index is 12.5. The van der Waals surface area contributed by atoms with Crippen molar-refractivity contribution in [3.8, 4) is 5.75 Å². The standard InChI is InChI=1S/C17H28ClN3O3/c1-5-21(6-2)8-7-20-17(23)13-9-14(18)15(19)10-16(13)24-12(4)11(3)22/h9-12,22H,5-8,19H2,1-4H3,(H,20,23)/t11-,12+/m1/s1. The molecule has 0 spiro atoms. The monoisotopic (exact) mass is 357 g/mol. The smallest absolute Gasteiger partial charge is 0.255 e. The number of ether oxygens (including phenoxy) is 1. The van der Waals surface area contributed by atoms with Crippen molar-refractivity contribution >= 4 is 23.2 Å². The number of benzene rings is 1. The quantitative estimate of drug-likeness (QED) is 0.589. The van der Waals surface area contributed by atoms with Crippen LogP contribution in [0.4, 0.5) is 5.69 Å². The molecule has 2 atom stereocenters. The van der Waals surface area contributed by atoms with Crippen molar-refractivity contribution in [1.29, 1.82) is 0 Å². The number of nitrogens with two attached hydrogens (primary N) is 1. The number of carbonyl (C=O) groups excluding carboxylic acids is 1. The first-order chi connectivity index (χ1) is 11.3. The molecule has 6 nitrogen and oxygen atoms in total. The number of anilines is 1. The maximum absolute atomic E-state index is 12.5. The van der Waals surface area contributed by atoms with Crippen LogP contribution in [0.1, 0.15) is 38.1 Å². The van der Waals surface area contributed by atoms with Crippen LogP contribution in [0.15, 0.2) is 12.1 Å². The zero-order valence-electron chi connectivity index (χ0n) is 14.8. The molecule has 0 unspecified atom stereocenters. The third-order valence-corrected chi connectivity index (χ3v) is 4.27. The van der Waals surface area contributed by atoms with E-state index in [-0.39, 0.29) is 5.91 Å². The minimum atomic E-state index is -0.680. The molecule has 0 saturated carbocycles. The fourth-order valence-electron chi connectivity index (χ4n) is 2.11. The summed E-state index contributed by atoms with van der Waals surface area (Å²) in [5, 5.41) is 12.8. The molecule has 0 aliphatic rings. The summed E-state index contributed by atoms with van der Waals surface area (Å²) < 4.78 is 5.67. The second-order valence-corrected chi connectivity index (χ2v) is 6.12. The lowest BCUT2D eigenvalue weighted by Crippen LogP contribution is -2.35. The fourth-order valence-corrected chi connectivity index (χ4v) is 2.27. The summed E-state index contributed by atoms with van der Waals surface area (Å²) >= 11 is 6.04. The van der Waals surface area contributed by atoms with E-state index in [1.54, 1.807) is 13.8 Å². The Morgan fingerprint density at radius 3 is 2.54 bits per heavy atom. The van der Waals surface area contributed by atoms with Gasteiger partial charge in [-0.2, -0.15) is 0 Å². The highest BCUT2D eigenvalue weighted by Crippen LogP contribution is 2.30. The molecule has 0 aliphatic carbocycles. The molecule has 7 heteroatoms. The van der Waals surface area contributed by atoms with Gasteiger partial charge in [0.05, 0.1) is 22.4 Å². The topological polar surface area (TPSA) is 87.8 Å². The van der Waals surface area contributed by atoms with Crippen LogP contribution in [0.2, 0.25) is 5.02 Å². The van der Waals surface area contributed by atoms with Gasteiger partial charge in [0.25, 0.3) is 5.91 Å². The number of amides is 1. The van der Waals surface area contributed by atoms with Crippen molar-refractivity contribution in [2.24, 2.45) is 0 Å². The van der Waals surface area contributed by atoms with Gasteiger partial charge in [0.15, 0.2) is 0 Å². The number of likely N-dealkylation sites (N-methyl/N-ethyl adjacent to an activating group) is 1. The van der Waals surface area contributed by atoms with Crippen molar-refractivity contribution in [2.75, 3.05) is 31.9 Å². The Kier molecular flexibility index (Phi) is 8.31. The van der Waals surface area contributed by atoms with Crippen LogP contribution in [0, 0.1) is 0 Å². The molecule has 0 saturated heterocycles. The van der Waals surface area contributed by atoms with Gasteiger partial charge in [-0.3, -0.25) is 4.79 Å². The molecule has 1 amide bonds. The van der Waals surface area contributed by atoms with Gasteiger partial charge >= 0.3 is 0 Å². The highest BCUT2D eigenvalue weighted by atomic mass is 35.5. The predicted octanol–water partition coefficient (Wildman–Crippen LogP) is 2.14. The lowest BCUT2D eigenvalue weighted by Gasteiger charge is -2.21. The molecule has 1 rings (SSSR count). The van der Waals surface area contributed by atoms with Gasteiger partial charge in [0.2, 0.25) is 0 Å². The number of aliphatic hydroxyl groups is 1. The average molecular weight is 358 g/mol. The van der Waals surface area contributed by atoms with E-state index in [1.807, 2.05) is 0 Å². The molecule has 1 aromatic rings. The van der Waals surface area contributed by atoms with E-state index >= 15 is 0 Å². The third-order valence-electron chi connectivity index (χ3n) is 3.94. The normalized spacial score (nSPS) is 13.6. The van der Waals surface area contributed by atoms with Crippen molar-refractivity contribution in [3.05, 3.63) is 22.7 Å². The first-order valence-corrected chi connectivity index (χ1v) is 8.62. The van der Waals surface area contributed by atoms with E-state index in [1.165, 1.54) is 12.1 Å². The molecule has 0 heterocycles. The van der Waals surface area contributed by atoms with Gasteiger partial charge < -0.3 is 25.8 Å². The third kappa shape index (κ3) is 5.85. The molecular weight excluding hydrogens is 330 g/mol. The zero-order valence-corrected chi connectivity index (χ0v) is 15.6. The number of nitrogen functional groups attached to an aromatic ring is 1. The van der Waals surface area contributed by atoms with Gasteiger partial charge in [-0.15, -0.1) is 0 Å². The fraction of sp³-hybridized carbons (Fsp3) is 0.588. The molecule has 0 bridgehead atoms. The van der Waals surface area contributed by atoms with Gasteiger partial charge in [-0.1, -0.05) is 25.4 Å². The average Bonchev–Trinajstić information content (AvgIpc) is 2.54. The first kappa shape index (κ1) is 20.5. The van der Waals surface area contributed by atoms with E-state index in [0.29, 0.717) is 28.6 Å². The van der Waals surface area contributed by atoms with E-state index < -0.39 is 12.2 Å². The number of nitrogens with zero attached hydrogens (tertiary/aromatic N) is 1. The minimum Gasteiger partial charge on any atom is -0.487 e. The molecule has 0 aromatic heterocycles. The van der Waals surface area contributed by atoms with Crippen LogP contribution in [0.5, 0.6) is 5.75 Å². The molecule has 0 radical (unpaired) electrons. The van der Waals surface area contributed by atoms with Gasteiger partial charge in [0.1, 0.15) is 11.9 Å². The van der Waals surface area contributed by atoms with E-state index in [2.05, 4.69) is 24.1 Å². The van der Waals surface area contributed by atoms with E-state index in [9.17, 15) is 9.90 Å². The predicted molar refractivity (Wildman–Crippen MR) is 97.8 cm³/mol. The van der Waals surface area contributed by atoms with Crippen LogP contribution in [-0.4, -0.2) is 54.3 Å². The number of rotatable bonds is 9. The van der Waals surface area contributed by atoms with Crippen LogP contribution in [0.3, 0.4) is 0 Å². The second-order valence-electron chi connectivity index (χ2n) is 5.72. The lowest BCUT2D eigenvalue weighted by atomic mass is 10.1.